The van der Waals surface area contributed by atoms with E-state index in [0.717, 1.165) is 0 Å². The number of rotatable bonds is 2. The molecule has 0 saturated heterocycles. The van der Waals surface area contributed by atoms with Crippen LogP contribution in [-0.4, -0.2) is 0 Å². The van der Waals surface area contributed by atoms with E-state index >= 15 is 0 Å². The van der Waals surface area contributed by atoms with E-state index in [1.54, 1.807) is 0 Å². The molecule has 0 heteroatoms. The zero-order valence-corrected chi connectivity index (χ0v) is 17.2. The van der Waals surface area contributed by atoms with Crippen LogP contribution in [0.15, 0.2) is 97.1 Å². The molecule has 0 aliphatic heterocycles. The number of benzene rings is 4. The molecule has 4 rings (SSSR count). The molecule has 0 unspecified atom stereocenters. The largest absolute Gasteiger partial charge is 0.0620 e. The maximum Gasteiger partial charge on any atom is -0.0152 e. The molecule has 0 atom stereocenters. The van der Waals surface area contributed by atoms with Gasteiger partial charge in [0.2, 0.25) is 0 Å². The lowest BCUT2D eigenvalue weighted by molar-refractivity contribution is 1.41. The van der Waals surface area contributed by atoms with Crippen molar-refractivity contribution in [3.8, 4) is 22.3 Å². The summed E-state index contributed by atoms with van der Waals surface area (Å²) in [5, 5.41) is 0. The smallest absolute Gasteiger partial charge is 0.0152 e. The third kappa shape index (κ3) is 4.98. The van der Waals surface area contributed by atoms with Gasteiger partial charge in [0.05, 0.1) is 0 Å². The molecular formula is C28H28. The van der Waals surface area contributed by atoms with Gasteiger partial charge in [-0.05, 0) is 61.1 Å². The van der Waals surface area contributed by atoms with Crippen molar-refractivity contribution in [1.29, 1.82) is 0 Å². The van der Waals surface area contributed by atoms with Gasteiger partial charge in [-0.15, -0.1) is 0 Å². The standard InChI is InChI=1S/2C14H14/c1-11-3-7-13(8-4-11)14-9-5-12(2)6-10-14;1-11-7-3-5-9-13(11)14-10-6-4-8-12(14)2/h2*3-10H,1-2H3. The average Bonchev–Trinajstić information content (AvgIpc) is 2.71. The van der Waals surface area contributed by atoms with E-state index < -0.39 is 0 Å². The summed E-state index contributed by atoms with van der Waals surface area (Å²) in [6.07, 6.45) is 0. The second-order valence-electron chi connectivity index (χ2n) is 7.36. The molecule has 4 aromatic carbocycles. The van der Waals surface area contributed by atoms with E-state index in [-0.39, 0.29) is 0 Å². The van der Waals surface area contributed by atoms with E-state index in [2.05, 4.69) is 125 Å². The van der Waals surface area contributed by atoms with Crippen molar-refractivity contribution in [2.75, 3.05) is 0 Å². The zero-order chi connectivity index (χ0) is 19.9. The van der Waals surface area contributed by atoms with Crippen LogP contribution in [-0.2, 0) is 0 Å². The van der Waals surface area contributed by atoms with E-state index in [0.29, 0.717) is 0 Å². The molecule has 0 spiro atoms. The Labute approximate surface area is 169 Å². The van der Waals surface area contributed by atoms with Crippen LogP contribution in [0.1, 0.15) is 22.3 Å². The topological polar surface area (TPSA) is 0 Å². The van der Waals surface area contributed by atoms with Gasteiger partial charge in [0.1, 0.15) is 0 Å². The molecule has 140 valence electrons. The van der Waals surface area contributed by atoms with Gasteiger partial charge in [-0.25, -0.2) is 0 Å². The minimum absolute atomic E-state index is 1.29. The summed E-state index contributed by atoms with van der Waals surface area (Å²) in [4.78, 5) is 0. The maximum atomic E-state index is 2.18. The lowest BCUT2D eigenvalue weighted by Crippen LogP contribution is -1.85. The molecule has 0 radical (unpaired) electrons. The second-order valence-corrected chi connectivity index (χ2v) is 7.36. The van der Waals surface area contributed by atoms with Crippen LogP contribution in [0.25, 0.3) is 22.3 Å². The Hall–Kier alpha value is -3.12. The molecule has 0 amide bonds. The summed E-state index contributed by atoms with van der Waals surface area (Å²) in [6, 6.07) is 34.3. The summed E-state index contributed by atoms with van der Waals surface area (Å²) in [6.45, 7) is 8.53. The number of aryl methyl sites for hydroxylation is 4. The van der Waals surface area contributed by atoms with E-state index in [1.165, 1.54) is 44.5 Å². The fourth-order valence-electron chi connectivity index (χ4n) is 3.24. The first kappa shape index (κ1) is 19.6. The third-order valence-corrected chi connectivity index (χ3v) is 5.02. The predicted molar refractivity (Wildman–Crippen MR) is 123 cm³/mol. The van der Waals surface area contributed by atoms with Crippen LogP contribution in [0.3, 0.4) is 0 Å². The van der Waals surface area contributed by atoms with Crippen LogP contribution >= 0.6 is 0 Å². The van der Waals surface area contributed by atoms with Crippen molar-refractivity contribution < 1.29 is 0 Å². The Morgan fingerprint density at radius 1 is 0.357 bits per heavy atom. The zero-order valence-electron chi connectivity index (χ0n) is 17.2. The Morgan fingerprint density at radius 3 is 1.00 bits per heavy atom. The van der Waals surface area contributed by atoms with Gasteiger partial charge >= 0.3 is 0 Å². The maximum absolute atomic E-state index is 2.18. The van der Waals surface area contributed by atoms with Crippen molar-refractivity contribution >= 4 is 0 Å². The number of hydrogen-bond acceptors (Lipinski definition) is 0. The molecule has 0 heterocycles. The van der Waals surface area contributed by atoms with E-state index in [9.17, 15) is 0 Å². The monoisotopic (exact) mass is 364 g/mol. The van der Waals surface area contributed by atoms with Gasteiger partial charge < -0.3 is 0 Å². The first-order valence-electron chi connectivity index (χ1n) is 9.80. The first-order valence-corrected chi connectivity index (χ1v) is 9.80. The summed E-state index contributed by atoms with van der Waals surface area (Å²) in [5.74, 6) is 0. The number of hydrogen-bond donors (Lipinski definition) is 0. The van der Waals surface area contributed by atoms with Crippen LogP contribution in [0.4, 0.5) is 0 Å². The molecular weight excluding hydrogens is 336 g/mol. The summed E-state index contributed by atoms with van der Waals surface area (Å²) in [5.41, 5.74) is 10.5. The predicted octanol–water partition coefficient (Wildman–Crippen LogP) is 7.94. The molecule has 0 nitrogen and oxygen atoms in total. The Balaban J connectivity index is 0.000000161. The summed E-state index contributed by atoms with van der Waals surface area (Å²) < 4.78 is 0. The SMILES string of the molecule is Cc1ccc(-c2ccc(C)cc2)cc1.Cc1ccccc1-c1ccccc1C. The van der Waals surface area contributed by atoms with Crippen molar-refractivity contribution in [3.63, 3.8) is 0 Å². The van der Waals surface area contributed by atoms with Gasteiger partial charge in [-0.3, -0.25) is 0 Å². The summed E-state index contributed by atoms with van der Waals surface area (Å²) in [7, 11) is 0. The minimum atomic E-state index is 1.29. The minimum Gasteiger partial charge on any atom is -0.0620 e. The molecule has 4 aromatic rings. The lowest BCUT2D eigenvalue weighted by atomic mass is 9.97. The molecule has 0 bridgehead atoms. The van der Waals surface area contributed by atoms with E-state index in [4.69, 9.17) is 0 Å². The molecule has 0 aromatic heterocycles. The highest BCUT2D eigenvalue weighted by Gasteiger charge is 2.02. The van der Waals surface area contributed by atoms with Crippen LogP contribution < -0.4 is 0 Å². The Bertz CT molecular complexity index is 935. The van der Waals surface area contributed by atoms with Crippen LogP contribution in [0.5, 0.6) is 0 Å². The normalized spacial score (nSPS) is 10.1. The lowest BCUT2D eigenvalue weighted by Gasteiger charge is -2.08. The van der Waals surface area contributed by atoms with Gasteiger partial charge in [-0.1, -0.05) is 108 Å². The average molecular weight is 365 g/mol. The van der Waals surface area contributed by atoms with Crippen molar-refractivity contribution in [1.82, 2.24) is 0 Å². The molecule has 0 N–H and O–H groups in total. The Morgan fingerprint density at radius 2 is 0.679 bits per heavy atom. The molecule has 0 aliphatic carbocycles. The fraction of sp³-hybridized carbons (Fsp3) is 0.143. The highest BCUT2D eigenvalue weighted by Crippen LogP contribution is 2.25. The Kier molecular flexibility index (Phi) is 6.45. The quantitative estimate of drug-likeness (QED) is 0.338. The molecule has 0 fully saturated rings. The molecule has 0 aliphatic rings. The van der Waals surface area contributed by atoms with Gasteiger partial charge in [-0.2, -0.15) is 0 Å². The highest BCUT2D eigenvalue weighted by molar-refractivity contribution is 5.70. The third-order valence-electron chi connectivity index (χ3n) is 5.02. The van der Waals surface area contributed by atoms with Crippen LogP contribution in [0, 0.1) is 27.7 Å². The van der Waals surface area contributed by atoms with E-state index in [1.807, 2.05) is 0 Å². The van der Waals surface area contributed by atoms with Crippen molar-refractivity contribution in [2.45, 2.75) is 27.7 Å². The second kappa shape index (κ2) is 9.19. The molecule has 28 heavy (non-hydrogen) atoms. The van der Waals surface area contributed by atoms with Gasteiger partial charge in [0.25, 0.3) is 0 Å². The first-order chi connectivity index (χ1) is 13.5. The summed E-state index contributed by atoms with van der Waals surface area (Å²) >= 11 is 0. The van der Waals surface area contributed by atoms with Crippen LogP contribution in [0.2, 0.25) is 0 Å². The highest BCUT2D eigenvalue weighted by atomic mass is 14.1. The fourth-order valence-corrected chi connectivity index (χ4v) is 3.24. The van der Waals surface area contributed by atoms with Crippen molar-refractivity contribution in [2.24, 2.45) is 0 Å². The van der Waals surface area contributed by atoms with Gasteiger partial charge in [0.15, 0.2) is 0 Å². The molecule has 0 saturated carbocycles. The van der Waals surface area contributed by atoms with Crippen molar-refractivity contribution in [3.05, 3.63) is 119 Å². The van der Waals surface area contributed by atoms with Gasteiger partial charge in [0, 0.05) is 0 Å².